The van der Waals surface area contributed by atoms with Crippen LogP contribution in [0.4, 0.5) is 0 Å². The second-order valence-electron chi connectivity index (χ2n) is 4.91. The maximum atomic E-state index is 12.5. The van der Waals surface area contributed by atoms with Crippen molar-refractivity contribution in [2.24, 2.45) is 7.05 Å². The van der Waals surface area contributed by atoms with Gasteiger partial charge in [-0.3, -0.25) is 0 Å². The zero-order chi connectivity index (χ0) is 14.2. The standard InChI is InChI=1S/C13H16N4O2S/c1-16-9-7-15-13(16)11-5-8-17(10-11)20(18,19)12-4-2-3-6-14-12/h2-4,6-7,9,11H,5,8,10H2,1H3. The molecular formula is C13H16N4O2S. The average Bonchev–Trinajstić information content (AvgIpc) is 3.08. The smallest absolute Gasteiger partial charge is 0.260 e. The molecule has 20 heavy (non-hydrogen) atoms. The number of nitrogens with zero attached hydrogens (tertiary/aromatic N) is 4. The van der Waals surface area contributed by atoms with Gasteiger partial charge < -0.3 is 4.57 Å². The van der Waals surface area contributed by atoms with E-state index in [9.17, 15) is 8.42 Å². The molecule has 3 rings (SSSR count). The lowest BCUT2D eigenvalue weighted by Gasteiger charge is -2.15. The minimum Gasteiger partial charge on any atom is -0.338 e. The maximum absolute atomic E-state index is 12.5. The number of rotatable bonds is 3. The predicted molar refractivity (Wildman–Crippen MR) is 73.6 cm³/mol. The van der Waals surface area contributed by atoms with E-state index in [1.54, 1.807) is 18.3 Å². The van der Waals surface area contributed by atoms with Gasteiger partial charge in [-0.05, 0) is 18.6 Å². The molecule has 2 aromatic heterocycles. The quantitative estimate of drug-likeness (QED) is 0.846. The minimum absolute atomic E-state index is 0.112. The average molecular weight is 292 g/mol. The van der Waals surface area contributed by atoms with Crippen molar-refractivity contribution in [3.63, 3.8) is 0 Å². The Bertz CT molecular complexity index is 696. The van der Waals surface area contributed by atoms with E-state index in [-0.39, 0.29) is 10.9 Å². The molecule has 0 saturated carbocycles. The highest BCUT2D eigenvalue weighted by Crippen LogP contribution is 2.29. The van der Waals surface area contributed by atoms with Crippen molar-refractivity contribution in [3.05, 3.63) is 42.6 Å². The van der Waals surface area contributed by atoms with Gasteiger partial charge in [-0.2, -0.15) is 4.31 Å². The summed E-state index contributed by atoms with van der Waals surface area (Å²) in [4.78, 5) is 8.26. The second kappa shape index (κ2) is 4.99. The van der Waals surface area contributed by atoms with E-state index in [0.717, 1.165) is 12.2 Å². The summed E-state index contributed by atoms with van der Waals surface area (Å²) in [7, 11) is -1.56. The topological polar surface area (TPSA) is 68.1 Å². The fraction of sp³-hybridized carbons (Fsp3) is 0.385. The third kappa shape index (κ3) is 2.23. The van der Waals surface area contributed by atoms with Gasteiger partial charge in [0.2, 0.25) is 0 Å². The number of hydrogen-bond acceptors (Lipinski definition) is 4. The molecule has 6 nitrogen and oxygen atoms in total. The largest absolute Gasteiger partial charge is 0.338 e. The third-order valence-corrected chi connectivity index (χ3v) is 5.40. The Labute approximate surface area is 118 Å². The van der Waals surface area contributed by atoms with Gasteiger partial charge in [0.05, 0.1) is 0 Å². The molecular weight excluding hydrogens is 276 g/mol. The van der Waals surface area contributed by atoms with Gasteiger partial charge in [-0.15, -0.1) is 0 Å². The van der Waals surface area contributed by atoms with Gasteiger partial charge in [0.15, 0.2) is 5.03 Å². The lowest BCUT2D eigenvalue weighted by Crippen LogP contribution is -2.29. The molecule has 1 fully saturated rings. The molecule has 0 spiro atoms. The summed E-state index contributed by atoms with van der Waals surface area (Å²) in [5, 5.41) is 0.112. The zero-order valence-electron chi connectivity index (χ0n) is 11.2. The fourth-order valence-corrected chi connectivity index (χ4v) is 3.99. The molecule has 1 saturated heterocycles. The van der Waals surface area contributed by atoms with Gasteiger partial charge in [0, 0.05) is 44.6 Å². The summed E-state index contributed by atoms with van der Waals surface area (Å²) < 4.78 is 28.4. The van der Waals surface area contributed by atoms with Crippen molar-refractivity contribution in [1.82, 2.24) is 18.8 Å². The zero-order valence-corrected chi connectivity index (χ0v) is 12.0. The lowest BCUT2D eigenvalue weighted by molar-refractivity contribution is 0.467. The van der Waals surface area contributed by atoms with E-state index in [4.69, 9.17) is 0 Å². The van der Waals surface area contributed by atoms with Crippen LogP contribution in [0.1, 0.15) is 18.2 Å². The van der Waals surface area contributed by atoms with Crippen LogP contribution in [0.15, 0.2) is 41.8 Å². The molecule has 1 aliphatic heterocycles. The van der Waals surface area contributed by atoms with Crippen LogP contribution >= 0.6 is 0 Å². The first kappa shape index (κ1) is 13.3. The van der Waals surface area contributed by atoms with Gasteiger partial charge >= 0.3 is 0 Å². The molecule has 2 aromatic rings. The van der Waals surface area contributed by atoms with Crippen LogP contribution in [0.2, 0.25) is 0 Å². The molecule has 1 aliphatic rings. The van der Waals surface area contributed by atoms with Crippen LogP contribution in [0.5, 0.6) is 0 Å². The van der Waals surface area contributed by atoms with Gasteiger partial charge in [-0.25, -0.2) is 18.4 Å². The Hall–Kier alpha value is -1.73. The normalized spacial score (nSPS) is 20.4. The predicted octanol–water partition coefficient (Wildman–Crippen LogP) is 0.993. The van der Waals surface area contributed by atoms with Gasteiger partial charge in [0.25, 0.3) is 10.0 Å². The number of aryl methyl sites for hydroxylation is 1. The summed E-state index contributed by atoms with van der Waals surface area (Å²) in [6.07, 6.45) is 5.91. The highest BCUT2D eigenvalue weighted by molar-refractivity contribution is 7.89. The van der Waals surface area contributed by atoms with Crippen molar-refractivity contribution in [1.29, 1.82) is 0 Å². The first-order valence-corrected chi connectivity index (χ1v) is 7.91. The van der Waals surface area contributed by atoms with Crippen LogP contribution in [0.3, 0.4) is 0 Å². The molecule has 0 amide bonds. The Morgan fingerprint density at radius 1 is 1.25 bits per heavy atom. The molecule has 7 heteroatoms. The lowest BCUT2D eigenvalue weighted by atomic mass is 10.1. The summed E-state index contributed by atoms with van der Waals surface area (Å²) in [5.74, 6) is 1.08. The summed E-state index contributed by atoms with van der Waals surface area (Å²) >= 11 is 0. The van der Waals surface area contributed by atoms with E-state index in [1.165, 1.54) is 16.6 Å². The second-order valence-corrected chi connectivity index (χ2v) is 6.80. The molecule has 0 aromatic carbocycles. The number of imidazole rings is 1. The van der Waals surface area contributed by atoms with Crippen molar-refractivity contribution in [2.75, 3.05) is 13.1 Å². The van der Waals surface area contributed by atoms with Crippen LogP contribution in [0.25, 0.3) is 0 Å². The van der Waals surface area contributed by atoms with Crippen LogP contribution in [-0.2, 0) is 17.1 Å². The number of pyridine rings is 1. The van der Waals surface area contributed by atoms with Crippen molar-refractivity contribution < 1.29 is 8.42 Å². The summed E-state index contributed by atoms with van der Waals surface area (Å²) in [6.45, 7) is 0.972. The van der Waals surface area contributed by atoms with E-state index < -0.39 is 10.0 Å². The van der Waals surface area contributed by atoms with Crippen LogP contribution in [-0.4, -0.2) is 40.3 Å². The number of aromatic nitrogens is 3. The first-order valence-electron chi connectivity index (χ1n) is 6.47. The summed E-state index contributed by atoms with van der Waals surface area (Å²) in [6, 6.07) is 4.93. The summed E-state index contributed by atoms with van der Waals surface area (Å²) in [5.41, 5.74) is 0. The Balaban J connectivity index is 1.83. The molecule has 106 valence electrons. The van der Waals surface area contributed by atoms with Crippen molar-refractivity contribution in [2.45, 2.75) is 17.4 Å². The molecule has 1 unspecified atom stereocenters. The number of sulfonamides is 1. The third-order valence-electron chi connectivity index (χ3n) is 3.62. The fourth-order valence-electron chi connectivity index (χ4n) is 2.56. The highest BCUT2D eigenvalue weighted by Gasteiger charge is 2.35. The van der Waals surface area contributed by atoms with Crippen molar-refractivity contribution in [3.8, 4) is 0 Å². The van der Waals surface area contributed by atoms with E-state index in [0.29, 0.717) is 13.1 Å². The highest BCUT2D eigenvalue weighted by atomic mass is 32.2. The van der Waals surface area contributed by atoms with Crippen LogP contribution in [0, 0.1) is 0 Å². The molecule has 3 heterocycles. The SMILES string of the molecule is Cn1ccnc1C1CCN(S(=O)(=O)c2ccccn2)C1. The first-order chi connectivity index (χ1) is 9.59. The molecule has 0 N–H and O–H groups in total. The van der Waals surface area contributed by atoms with E-state index in [2.05, 4.69) is 9.97 Å². The number of hydrogen-bond donors (Lipinski definition) is 0. The molecule has 0 aliphatic carbocycles. The van der Waals surface area contributed by atoms with Crippen LogP contribution < -0.4 is 0 Å². The van der Waals surface area contributed by atoms with E-state index in [1.807, 2.05) is 17.8 Å². The minimum atomic E-state index is -3.49. The van der Waals surface area contributed by atoms with Gasteiger partial charge in [-0.1, -0.05) is 6.07 Å². The molecule has 0 radical (unpaired) electrons. The Kier molecular flexibility index (Phi) is 3.31. The monoisotopic (exact) mass is 292 g/mol. The van der Waals surface area contributed by atoms with Crippen molar-refractivity contribution >= 4 is 10.0 Å². The molecule has 1 atom stereocenters. The maximum Gasteiger partial charge on any atom is 0.260 e. The van der Waals surface area contributed by atoms with E-state index >= 15 is 0 Å². The van der Waals surface area contributed by atoms with Gasteiger partial charge in [0.1, 0.15) is 5.82 Å². The Morgan fingerprint density at radius 2 is 2.10 bits per heavy atom. The molecule has 0 bridgehead atoms. The Morgan fingerprint density at radius 3 is 2.75 bits per heavy atom.